The molecule has 0 radical (unpaired) electrons. The third-order valence-corrected chi connectivity index (χ3v) is 5.26. The first-order chi connectivity index (χ1) is 8.93. The zero-order chi connectivity index (χ0) is 14.0. The van der Waals surface area contributed by atoms with Crippen molar-refractivity contribution < 1.29 is 17.2 Å². The molecule has 1 aromatic carbocycles. The van der Waals surface area contributed by atoms with Crippen molar-refractivity contribution >= 4 is 10.0 Å². The normalized spacial score (nSPS) is 20.7. The number of hydrogen-bond acceptors (Lipinski definition) is 3. The van der Waals surface area contributed by atoms with Gasteiger partial charge in [0.2, 0.25) is 10.0 Å². The zero-order valence-electron chi connectivity index (χ0n) is 10.6. The van der Waals surface area contributed by atoms with Gasteiger partial charge in [-0.1, -0.05) is 0 Å². The lowest BCUT2D eigenvalue weighted by Crippen LogP contribution is -2.46. The SMILES string of the molecule is CN(C1CCCNC1)S(=O)(=O)c1ccc(F)c(F)c1. The topological polar surface area (TPSA) is 49.4 Å². The lowest BCUT2D eigenvalue weighted by Gasteiger charge is -2.30. The van der Waals surface area contributed by atoms with Crippen LogP contribution in [0.4, 0.5) is 8.78 Å². The molecule has 1 saturated heterocycles. The van der Waals surface area contributed by atoms with Crippen LogP contribution in [0.1, 0.15) is 12.8 Å². The van der Waals surface area contributed by atoms with Crippen LogP contribution in [0.5, 0.6) is 0 Å². The summed E-state index contributed by atoms with van der Waals surface area (Å²) in [4.78, 5) is -0.223. The minimum absolute atomic E-state index is 0.160. The summed E-state index contributed by atoms with van der Waals surface area (Å²) >= 11 is 0. The molecule has 0 aromatic heterocycles. The van der Waals surface area contributed by atoms with E-state index in [1.807, 2.05) is 0 Å². The smallest absolute Gasteiger partial charge is 0.243 e. The standard InChI is InChI=1S/C12H16F2N2O2S/c1-16(9-3-2-6-15-8-9)19(17,18)10-4-5-11(13)12(14)7-10/h4-5,7,9,15H,2-3,6,8H2,1H3. The van der Waals surface area contributed by atoms with Gasteiger partial charge in [-0.2, -0.15) is 4.31 Å². The molecule has 0 aliphatic carbocycles. The monoisotopic (exact) mass is 290 g/mol. The summed E-state index contributed by atoms with van der Waals surface area (Å²) in [6.07, 6.45) is 1.65. The first kappa shape index (κ1) is 14.4. The van der Waals surface area contributed by atoms with Gasteiger partial charge in [-0.25, -0.2) is 17.2 Å². The average Bonchev–Trinajstić information content (AvgIpc) is 2.41. The maximum atomic E-state index is 13.1. The fourth-order valence-corrected chi connectivity index (χ4v) is 3.54. The van der Waals surface area contributed by atoms with Gasteiger partial charge in [0, 0.05) is 19.6 Å². The van der Waals surface area contributed by atoms with E-state index in [4.69, 9.17) is 0 Å². The Bertz CT molecular complexity index is 557. The number of benzene rings is 1. The number of likely N-dealkylation sites (N-methyl/N-ethyl adjacent to an activating group) is 1. The van der Waals surface area contributed by atoms with E-state index in [2.05, 4.69) is 5.32 Å². The number of nitrogens with one attached hydrogen (secondary N) is 1. The molecule has 106 valence electrons. The molecule has 1 N–H and O–H groups in total. The number of nitrogens with zero attached hydrogens (tertiary/aromatic N) is 1. The second kappa shape index (κ2) is 5.52. The molecule has 0 bridgehead atoms. The Balaban J connectivity index is 2.27. The van der Waals surface area contributed by atoms with E-state index in [-0.39, 0.29) is 10.9 Å². The van der Waals surface area contributed by atoms with Gasteiger partial charge in [-0.15, -0.1) is 0 Å². The summed E-state index contributed by atoms with van der Waals surface area (Å²) in [5.74, 6) is -2.21. The highest BCUT2D eigenvalue weighted by Gasteiger charge is 2.29. The van der Waals surface area contributed by atoms with Crippen LogP contribution in [0.2, 0.25) is 0 Å². The Kier molecular flexibility index (Phi) is 4.17. The van der Waals surface area contributed by atoms with Crippen molar-refractivity contribution in [2.45, 2.75) is 23.8 Å². The lowest BCUT2D eigenvalue weighted by atomic mass is 10.1. The molecule has 0 amide bonds. The van der Waals surface area contributed by atoms with Crippen molar-refractivity contribution in [3.8, 4) is 0 Å². The van der Waals surface area contributed by atoms with Crippen molar-refractivity contribution in [1.82, 2.24) is 9.62 Å². The van der Waals surface area contributed by atoms with Gasteiger partial charge in [0.05, 0.1) is 4.90 Å². The second-order valence-corrected chi connectivity index (χ2v) is 6.59. The molecule has 0 spiro atoms. The number of rotatable bonds is 3. The fraction of sp³-hybridized carbons (Fsp3) is 0.500. The van der Waals surface area contributed by atoms with Crippen molar-refractivity contribution in [2.75, 3.05) is 20.1 Å². The van der Waals surface area contributed by atoms with Crippen molar-refractivity contribution in [3.63, 3.8) is 0 Å². The van der Waals surface area contributed by atoms with E-state index >= 15 is 0 Å². The van der Waals surface area contributed by atoms with E-state index in [0.29, 0.717) is 6.54 Å². The maximum Gasteiger partial charge on any atom is 0.243 e. The molecule has 4 nitrogen and oxygen atoms in total. The van der Waals surface area contributed by atoms with Crippen LogP contribution in [0.15, 0.2) is 23.1 Å². The fourth-order valence-electron chi connectivity index (χ4n) is 2.14. The van der Waals surface area contributed by atoms with E-state index in [0.717, 1.165) is 37.6 Å². The van der Waals surface area contributed by atoms with Gasteiger partial charge >= 0.3 is 0 Å². The van der Waals surface area contributed by atoms with E-state index < -0.39 is 21.7 Å². The molecule has 19 heavy (non-hydrogen) atoms. The summed E-state index contributed by atoms with van der Waals surface area (Å²) < 4.78 is 51.8. The number of sulfonamides is 1. The van der Waals surface area contributed by atoms with Crippen molar-refractivity contribution in [1.29, 1.82) is 0 Å². The Hall–Kier alpha value is -1.05. The minimum Gasteiger partial charge on any atom is -0.315 e. The summed E-state index contributed by atoms with van der Waals surface area (Å²) in [7, 11) is -2.32. The van der Waals surface area contributed by atoms with Crippen LogP contribution in [0.3, 0.4) is 0 Å². The van der Waals surface area contributed by atoms with Gasteiger partial charge in [0.25, 0.3) is 0 Å². The molecule has 1 atom stereocenters. The number of hydrogen-bond donors (Lipinski definition) is 1. The van der Waals surface area contributed by atoms with E-state index in [9.17, 15) is 17.2 Å². The van der Waals surface area contributed by atoms with Crippen molar-refractivity contribution in [2.24, 2.45) is 0 Å². The molecule has 1 unspecified atom stereocenters. The minimum atomic E-state index is -3.79. The second-order valence-electron chi connectivity index (χ2n) is 4.60. The van der Waals surface area contributed by atoms with Gasteiger partial charge in [-0.3, -0.25) is 0 Å². The Morgan fingerprint density at radius 1 is 1.32 bits per heavy atom. The van der Waals surface area contributed by atoms with Gasteiger partial charge in [0.15, 0.2) is 11.6 Å². The lowest BCUT2D eigenvalue weighted by molar-refractivity contribution is 0.300. The molecule has 2 rings (SSSR count). The highest BCUT2D eigenvalue weighted by molar-refractivity contribution is 7.89. The molecule has 7 heteroatoms. The molecular weight excluding hydrogens is 274 g/mol. The van der Waals surface area contributed by atoms with E-state index in [1.165, 1.54) is 11.4 Å². The molecule has 1 aliphatic rings. The zero-order valence-corrected chi connectivity index (χ0v) is 11.4. The van der Waals surface area contributed by atoms with Gasteiger partial charge in [0.1, 0.15) is 0 Å². The molecule has 1 heterocycles. The van der Waals surface area contributed by atoms with Crippen LogP contribution in [0.25, 0.3) is 0 Å². The Labute approximate surface area is 111 Å². The highest BCUT2D eigenvalue weighted by atomic mass is 32.2. The summed E-state index contributed by atoms with van der Waals surface area (Å²) in [6.45, 7) is 1.44. The van der Waals surface area contributed by atoms with Crippen LogP contribution in [-0.4, -0.2) is 38.9 Å². The first-order valence-corrected chi connectivity index (χ1v) is 7.51. The predicted octanol–water partition coefficient (Wildman–Crippen LogP) is 1.34. The van der Waals surface area contributed by atoms with Crippen LogP contribution < -0.4 is 5.32 Å². The van der Waals surface area contributed by atoms with Gasteiger partial charge < -0.3 is 5.32 Å². The van der Waals surface area contributed by atoms with E-state index in [1.54, 1.807) is 0 Å². The summed E-state index contributed by atoms with van der Waals surface area (Å²) in [6, 6.07) is 2.47. The molecular formula is C12H16F2N2O2S. The summed E-state index contributed by atoms with van der Waals surface area (Å²) in [5, 5.41) is 3.12. The molecule has 1 fully saturated rings. The average molecular weight is 290 g/mol. The van der Waals surface area contributed by atoms with Crippen LogP contribution in [0, 0.1) is 11.6 Å². The number of halogens is 2. The van der Waals surface area contributed by atoms with Gasteiger partial charge in [-0.05, 0) is 37.6 Å². The molecule has 1 aromatic rings. The quantitative estimate of drug-likeness (QED) is 0.914. The largest absolute Gasteiger partial charge is 0.315 e. The molecule has 1 aliphatic heterocycles. The first-order valence-electron chi connectivity index (χ1n) is 6.07. The maximum absolute atomic E-state index is 13.1. The highest BCUT2D eigenvalue weighted by Crippen LogP contribution is 2.21. The Morgan fingerprint density at radius 3 is 2.63 bits per heavy atom. The predicted molar refractivity (Wildman–Crippen MR) is 67.2 cm³/mol. The summed E-state index contributed by atoms with van der Waals surface area (Å²) in [5.41, 5.74) is 0. The van der Waals surface area contributed by atoms with Crippen molar-refractivity contribution in [3.05, 3.63) is 29.8 Å². The number of piperidine rings is 1. The third kappa shape index (κ3) is 2.93. The van der Waals surface area contributed by atoms with Crippen LogP contribution >= 0.6 is 0 Å². The molecule has 0 saturated carbocycles. The third-order valence-electron chi connectivity index (χ3n) is 3.35. The Morgan fingerprint density at radius 2 is 2.05 bits per heavy atom. The van der Waals surface area contributed by atoms with Crippen LogP contribution in [-0.2, 0) is 10.0 Å².